The Morgan fingerprint density at radius 3 is 2.52 bits per heavy atom. The Morgan fingerprint density at radius 2 is 2.00 bits per heavy atom. The Balaban J connectivity index is 2.14. The van der Waals surface area contributed by atoms with Crippen LogP contribution in [0.2, 0.25) is 0 Å². The second-order valence-electron chi connectivity index (χ2n) is 7.71. The van der Waals surface area contributed by atoms with Gasteiger partial charge in [0.2, 0.25) is 0 Å². The first-order chi connectivity index (χ1) is 11.7. The van der Waals surface area contributed by atoms with Crippen LogP contribution in [0.25, 0.3) is 0 Å². The van der Waals surface area contributed by atoms with Crippen LogP contribution in [0, 0.1) is 23.1 Å². The minimum absolute atomic E-state index is 0.00903. The molecule has 4 nitrogen and oxygen atoms in total. The molecule has 1 saturated carbocycles. The predicted octanol–water partition coefficient (Wildman–Crippen LogP) is 3.96. The molecule has 0 radical (unpaired) electrons. The summed E-state index contributed by atoms with van der Waals surface area (Å²) in [6.45, 7) is 3.33. The zero-order valence-corrected chi connectivity index (χ0v) is 14.9. The third-order valence-corrected chi connectivity index (χ3v) is 5.41. The molecule has 0 bridgehead atoms. The average molecular weight is 347 g/mol. The van der Waals surface area contributed by atoms with E-state index in [1.165, 1.54) is 6.07 Å². The summed E-state index contributed by atoms with van der Waals surface area (Å²) < 4.78 is 14.4. The van der Waals surface area contributed by atoms with Crippen molar-refractivity contribution in [2.24, 2.45) is 5.92 Å². The van der Waals surface area contributed by atoms with Crippen molar-refractivity contribution in [1.29, 1.82) is 5.26 Å². The minimum atomic E-state index is -1.25. The van der Waals surface area contributed by atoms with Crippen molar-refractivity contribution in [3.63, 3.8) is 0 Å². The zero-order chi connectivity index (χ0) is 18.7. The molecule has 0 heterocycles. The molecule has 0 spiro atoms. The van der Waals surface area contributed by atoms with Gasteiger partial charge in [-0.15, -0.1) is 0 Å². The molecule has 1 fully saturated rings. The highest BCUT2D eigenvalue weighted by Crippen LogP contribution is 2.39. The van der Waals surface area contributed by atoms with Gasteiger partial charge in [0.1, 0.15) is 5.82 Å². The van der Waals surface area contributed by atoms with Gasteiger partial charge in [-0.2, -0.15) is 5.26 Å². The molecule has 1 atom stereocenters. The Labute approximate surface area is 148 Å². The fraction of sp³-hybridized carbons (Fsp3) is 0.600. The van der Waals surface area contributed by atoms with Crippen LogP contribution in [0.5, 0.6) is 0 Å². The van der Waals surface area contributed by atoms with Crippen LogP contribution in [0.15, 0.2) is 18.2 Å². The van der Waals surface area contributed by atoms with Crippen LogP contribution < -0.4 is 0 Å². The summed E-state index contributed by atoms with van der Waals surface area (Å²) in [4.78, 5) is 11.2. The summed E-state index contributed by atoms with van der Waals surface area (Å²) in [5.41, 5.74) is -1.10. The molecule has 1 aromatic carbocycles. The molecule has 1 aliphatic rings. The molecule has 0 saturated heterocycles. The van der Waals surface area contributed by atoms with Gasteiger partial charge in [-0.1, -0.05) is 25.0 Å². The van der Waals surface area contributed by atoms with Gasteiger partial charge in [0.05, 0.1) is 23.5 Å². The first-order valence-electron chi connectivity index (χ1n) is 8.82. The number of carboxylic acids is 1. The highest BCUT2D eigenvalue weighted by Gasteiger charge is 2.39. The molecule has 0 aromatic heterocycles. The number of aryl methyl sites for hydroxylation is 1. The van der Waals surface area contributed by atoms with Gasteiger partial charge in [-0.05, 0) is 57.1 Å². The van der Waals surface area contributed by atoms with E-state index in [0.29, 0.717) is 24.0 Å². The van der Waals surface area contributed by atoms with Crippen molar-refractivity contribution in [3.8, 4) is 6.07 Å². The van der Waals surface area contributed by atoms with E-state index in [2.05, 4.69) is 6.07 Å². The first kappa shape index (κ1) is 19.4. The molecule has 0 unspecified atom stereocenters. The van der Waals surface area contributed by atoms with Gasteiger partial charge in [0.15, 0.2) is 0 Å². The van der Waals surface area contributed by atoms with Gasteiger partial charge in [-0.25, -0.2) is 4.39 Å². The Hall–Kier alpha value is -1.93. The summed E-state index contributed by atoms with van der Waals surface area (Å²) in [5.74, 6) is -1.45. The summed E-state index contributed by atoms with van der Waals surface area (Å²) in [6.07, 6.45) is 4.13. The van der Waals surface area contributed by atoms with Gasteiger partial charge >= 0.3 is 5.97 Å². The number of nitrogens with zero attached hydrogens (tertiary/aromatic N) is 1. The smallest absolute Gasteiger partial charge is 0.306 e. The molecule has 5 heteroatoms. The molecule has 0 amide bonds. The Kier molecular flexibility index (Phi) is 5.84. The van der Waals surface area contributed by atoms with Crippen molar-refractivity contribution < 1.29 is 19.4 Å². The summed E-state index contributed by atoms with van der Waals surface area (Å²) in [7, 11) is 0. The second-order valence-corrected chi connectivity index (χ2v) is 7.71. The Morgan fingerprint density at radius 1 is 1.36 bits per heavy atom. The lowest BCUT2D eigenvalue weighted by atomic mass is 9.78. The zero-order valence-electron chi connectivity index (χ0n) is 14.9. The number of nitriles is 1. The molecule has 136 valence electrons. The maximum Gasteiger partial charge on any atom is 0.306 e. The fourth-order valence-corrected chi connectivity index (χ4v) is 3.80. The number of benzene rings is 1. The molecular formula is C20H26FNO3. The van der Waals surface area contributed by atoms with E-state index in [9.17, 15) is 14.3 Å². The van der Waals surface area contributed by atoms with E-state index in [1.54, 1.807) is 26.0 Å². The molecule has 25 heavy (non-hydrogen) atoms. The summed E-state index contributed by atoms with van der Waals surface area (Å²) in [5, 5.41) is 29.2. The van der Waals surface area contributed by atoms with E-state index in [4.69, 9.17) is 10.4 Å². The van der Waals surface area contributed by atoms with Gasteiger partial charge in [-0.3, -0.25) is 4.79 Å². The number of hydrogen-bond acceptors (Lipinski definition) is 3. The number of aliphatic hydroxyl groups is 1. The number of carboxylic acid groups (broad SMARTS) is 1. The maximum atomic E-state index is 14.4. The van der Waals surface area contributed by atoms with Crippen molar-refractivity contribution in [3.05, 3.63) is 35.1 Å². The van der Waals surface area contributed by atoms with Crippen LogP contribution >= 0.6 is 0 Å². The number of halogens is 1. The third kappa shape index (κ3) is 4.58. The topological polar surface area (TPSA) is 81.3 Å². The number of rotatable bonds is 7. The number of hydrogen-bond donors (Lipinski definition) is 2. The van der Waals surface area contributed by atoms with E-state index >= 15 is 0 Å². The lowest BCUT2D eigenvalue weighted by molar-refractivity contribution is -0.145. The highest BCUT2D eigenvalue weighted by molar-refractivity contribution is 5.68. The molecule has 1 aliphatic carbocycles. The van der Waals surface area contributed by atoms with Crippen molar-refractivity contribution in [1.82, 2.24) is 0 Å². The largest absolute Gasteiger partial charge is 0.481 e. The quantitative estimate of drug-likeness (QED) is 0.782. The maximum absolute atomic E-state index is 14.4. The molecular weight excluding hydrogens is 321 g/mol. The molecule has 1 aromatic rings. The lowest BCUT2D eigenvalue weighted by Gasteiger charge is -2.33. The van der Waals surface area contributed by atoms with Crippen molar-refractivity contribution in [2.45, 2.75) is 69.8 Å². The third-order valence-electron chi connectivity index (χ3n) is 5.41. The molecule has 0 aliphatic heterocycles. The Bertz CT molecular complexity index is 674. The molecule has 2 rings (SSSR count). The van der Waals surface area contributed by atoms with Crippen LogP contribution in [-0.4, -0.2) is 21.8 Å². The van der Waals surface area contributed by atoms with E-state index in [0.717, 1.165) is 25.7 Å². The molecule has 2 N–H and O–H groups in total. The predicted molar refractivity (Wildman–Crippen MR) is 92.5 cm³/mol. The SMILES string of the molecule is CC(C)(C#N)c1ccc(CC[C@@](O)(CC(=O)O)C2CCCC2)cc1F. The summed E-state index contributed by atoms with van der Waals surface area (Å²) >= 11 is 0. The van der Waals surface area contributed by atoms with Crippen LogP contribution in [-0.2, 0) is 16.6 Å². The van der Waals surface area contributed by atoms with Crippen molar-refractivity contribution >= 4 is 5.97 Å². The first-order valence-corrected chi connectivity index (χ1v) is 8.82. The standard InChI is InChI=1S/C20H26FNO3/c1-19(2,13-22)16-8-7-14(11-17(16)21)9-10-20(25,12-18(23)24)15-5-3-4-6-15/h7-8,11,15,25H,3-6,9-10,12H2,1-2H3,(H,23,24)/t20-/m1/s1. The van der Waals surface area contributed by atoms with Gasteiger partial charge in [0.25, 0.3) is 0 Å². The number of carbonyl (C=O) groups is 1. The normalized spacial score (nSPS) is 17.9. The van der Waals surface area contributed by atoms with Crippen LogP contribution in [0.1, 0.15) is 63.5 Å². The average Bonchev–Trinajstić information content (AvgIpc) is 3.07. The fourth-order valence-electron chi connectivity index (χ4n) is 3.80. The van der Waals surface area contributed by atoms with Crippen LogP contribution in [0.3, 0.4) is 0 Å². The summed E-state index contributed by atoms with van der Waals surface area (Å²) in [6, 6.07) is 6.85. The minimum Gasteiger partial charge on any atom is -0.481 e. The second kappa shape index (κ2) is 7.53. The monoisotopic (exact) mass is 347 g/mol. The van der Waals surface area contributed by atoms with Gasteiger partial charge < -0.3 is 10.2 Å². The van der Waals surface area contributed by atoms with Gasteiger partial charge in [0, 0.05) is 5.56 Å². The van der Waals surface area contributed by atoms with Crippen molar-refractivity contribution in [2.75, 3.05) is 0 Å². The lowest BCUT2D eigenvalue weighted by Crippen LogP contribution is -2.39. The van der Waals surface area contributed by atoms with E-state index < -0.39 is 22.8 Å². The number of aliphatic carboxylic acids is 1. The highest BCUT2D eigenvalue weighted by atomic mass is 19.1. The van der Waals surface area contributed by atoms with E-state index in [-0.39, 0.29) is 12.3 Å². The van der Waals surface area contributed by atoms with Crippen LogP contribution in [0.4, 0.5) is 4.39 Å². The van der Waals surface area contributed by atoms with E-state index in [1.807, 2.05) is 0 Å².